The second-order valence-electron chi connectivity index (χ2n) is 4.76. The van der Waals surface area contributed by atoms with E-state index in [9.17, 15) is 0 Å². The molecule has 20 heavy (non-hydrogen) atoms. The number of anilines is 2. The van der Waals surface area contributed by atoms with Crippen LogP contribution >= 0.6 is 0 Å². The van der Waals surface area contributed by atoms with Crippen LogP contribution in [0.3, 0.4) is 0 Å². The molecule has 0 fully saturated rings. The molecule has 0 saturated heterocycles. The van der Waals surface area contributed by atoms with Crippen molar-refractivity contribution in [3.05, 3.63) is 72.8 Å². The third kappa shape index (κ3) is 2.24. The van der Waals surface area contributed by atoms with Gasteiger partial charge in [-0.15, -0.1) is 0 Å². The van der Waals surface area contributed by atoms with Gasteiger partial charge in [-0.05, 0) is 23.3 Å². The molecule has 0 aromatic heterocycles. The molecule has 0 bridgehead atoms. The summed E-state index contributed by atoms with van der Waals surface area (Å²) in [5, 5.41) is 0. The fraction of sp³-hybridized carbons (Fsp3) is 0. The lowest BCUT2D eigenvalue weighted by atomic mass is 9.97. The highest BCUT2D eigenvalue weighted by molar-refractivity contribution is 5.88. The number of hydrogen-bond acceptors (Lipinski definition) is 2. The van der Waals surface area contributed by atoms with Crippen LogP contribution in [-0.4, -0.2) is 0 Å². The molecule has 0 spiro atoms. The van der Waals surface area contributed by atoms with E-state index in [2.05, 4.69) is 0 Å². The number of benzene rings is 3. The predicted octanol–water partition coefficient (Wildman–Crippen LogP) is 4.19. The summed E-state index contributed by atoms with van der Waals surface area (Å²) in [6.07, 6.45) is 0. The van der Waals surface area contributed by atoms with Gasteiger partial charge in [0.05, 0.1) is 0 Å². The Morgan fingerprint density at radius 1 is 0.500 bits per heavy atom. The minimum atomic E-state index is 0.740. The van der Waals surface area contributed by atoms with Crippen molar-refractivity contribution in [1.29, 1.82) is 0 Å². The Hall–Kier alpha value is -2.74. The third-order valence-electron chi connectivity index (χ3n) is 3.39. The highest BCUT2D eigenvalue weighted by Crippen LogP contribution is 2.35. The van der Waals surface area contributed by atoms with Gasteiger partial charge in [0.2, 0.25) is 0 Å². The molecule has 0 atom stereocenters. The molecule has 3 rings (SSSR count). The zero-order valence-corrected chi connectivity index (χ0v) is 11.1. The highest BCUT2D eigenvalue weighted by atomic mass is 14.6. The van der Waals surface area contributed by atoms with Gasteiger partial charge in [0.1, 0.15) is 0 Å². The summed E-state index contributed by atoms with van der Waals surface area (Å²) < 4.78 is 0. The van der Waals surface area contributed by atoms with Crippen molar-refractivity contribution in [3.8, 4) is 22.3 Å². The van der Waals surface area contributed by atoms with Crippen molar-refractivity contribution in [2.75, 3.05) is 11.5 Å². The second-order valence-corrected chi connectivity index (χ2v) is 4.76. The van der Waals surface area contributed by atoms with Crippen molar-refractivity contribution in [2.45, 2.75) is 0 Å². The predicted molar refractivity (Wildman–Crippen MR) is 86.1 cm³/mol. The zero-order chi connectivity index (χ0) is 13.9. The van der Waals surface area contributed by atoms with Gasteiger partial charge in [0.15, 0.2) is 0 Å². The van der Waals surface area contributed by atoms with Gasteiger partial charge in [0.25, 0.3) is 0 Å². The van der Waals surface area contributed by atoms with Crippen LogP contribution in [0.15, 0.2) is 72.8 Å². The second kappa shape index (κ2) is 5.10. The zero-order valence-electron chi connectivity index (χ0n) is 11.1. The van der Waals surface area contributed by atoms with Gasteiger partial charge < -0.3 is 11.5 Å². The standard InChI is InChI=1S/C18H16N2/c19-17-12-16(14-9-5-2-6-10-14)18(20)11-15(17)13-7-3-1-4-8-13/h1-12H,19-20H2. The van der Waals surface area contributed by atoms with Crippen LogP contribution in [0, 0.1) is 0 Å². The summed E-state index contributed by atoms with van der Waals surface area (Å²) in [4.78, 5) is 0. The van der Waals surface area contributed by atoms with Crippen LogP contribution in [-0.2, 0) is 0 Å². The Balaban J connectivity index is 2.13. The topological polar surface area (TPSA) is 52.0 Å². The van der Waals surface area contributed by atoms with E-state index in [1.165, 1.54) is 0 Å². The molecule has 0 aliphatic carbocycles. The molecule has 0 saturated carbocycles. The van der Waals surface area contributed by atoms with E-state index in [-0.39, 0.29) is 0 Å². The van der Waals surface area contributed by atoms with Crippen molar-refractivity contribution in [2.24, 2.45) is 0 Å². The molecule has 2 nitrogen and oxygen atoms in total. The normalized spacial score (nSPS) is 10.4. The smallest absolute Gasteiger partial charge is 0.0401 e. The maximum Gasteiger partial charge on any atom is 0.0401 e. The van der Waals surface area contributed by atoms with E-state index in [4.69, 9.17) is 11.5 Å². The van der Waals surface area contributed by atoms with Gasteiger partial charge in [0, 0.05) is 22.5 Å². The quantitative estimate of drug-likeness (QED) is 0.679. The Bertz CT molecular complexity index is 654. The molecule has 3 aromatic carbocycles. The first kappa shape index (κ1) is 12.3. The lowest BCUT2D eigenvalue weighted by Crippen LogP contribution is -1.96. The van der Waals surface area contributed by atoms with Gasteiger partial charge in [-0.1, -0.05) is 60.7 Å². The Kier molecular flexibility index (Phi) is 3.13. The van der Waals surface area contributed by atoms with Crippen molar-refractivity contribution >= 4 is 11.4 Å². The van der Waals surface area contributed by atoms with Crippen LogP contribution in [0.25, 0.3) is 22.3 Å². The van der Waals surface area contributed by atoms with E-state index < -0.39 is 0 Å². The minimum absolute atomic E-state index is 0.740. The summed E-state index contributed by atoms with van der Waals surface area (Å²) in [5.74, 6) is 0. The molecule has 0 radical (unpaired) electrons. The first-order chi connectivity index (χ1) is 9.75. The average molecular weight is 260 g/mol. The van der Waals surface area contributed by atoms with E-state index in [0.717, 1.165) is 33.6 Å². The van der Waals surface area contributed by atoms with E-state index in [1.807, 2.05) is 72.8 Å². The SMILES string of the molecule is Nc1cc(-c2ccccc2)c(N)cc1-c1ccccc1. The van der Waals surface area contributed by atoms with Gasteiger partial charge >= 0.3 is 0 Å². The lowest BCUT2D eigenvalue weighted by molar-refractivity contribution is 1.58. The van der Waals surface area contributed by atoms with E-state index in [0.29, 0.717) is 0 Å². The molecule has 0 aliphatic rings. The van der Waals surface area contributed by atoms with Crippen LogP contribution in [0.2, 0.25) is 0 Å². The highest BCUT2D eigenvalue weighted by Gasteiger charge is 2.09. The van der Waals surface area contributed by atoms with Crippen molar-refractivity contribution < 1.29 is 0 Å². The summed E-state index contributed by atoms with van der Waals surface area (Å²) in [5.41, 5.74) is 18.0. The fourth-order valence-corrected chi connectivity index (χ4v) is 2.37. The van der Waals surface area contributed by atoms with Crippen LogP contribution in [0.5, 0.6) is 0 Å². The number of rotatable bonds is 2. The molecular formula is C18H16N2. The number of hydrogen-bond donors (Lipinski definition) is 2. The summed E-state index contributed by atoms with van der Waals surface area (Å²) in [6.45, 7) is 0. The van der Waals surface area contributed by atoms with Crippen LogP contribution in [0.1, 0.15) is 0 Å². The Labute approximate surface area is 118 Å². The molecular weight excluding hydrogens is 244 g/mol. The number of nitrogens with two attached hydrogens (primary N) is 2. The molecule has 98 valence electrons. The summed E-state index contributed by atoms with van der Waals surface area (Å²) in [7, 11) is 0. The average Bonchev–Trinajstić information content (AvgIpc) is 2.51. The molecule has 2 heteroatoms. The molecule has 0 unspecified atom stereocenters. The largest absolute Gasteiger partial charge is 0.398 e. The van der Waals surface area contributed by atoms with Crippen LogP contribution < -0.4 is 11.5 Å². The van der Waals surface area contributed by atoms with E-state index in [1.54, 1.807) is 0 Å². The molecule has 3 aromatic rings. The molecule has 4 N–H and O–H groups in total. The van der Waals surface area contributed by atoms with E-state index >= 15 is 0 Å². The third-order valence-corrected chi connectivity index (χ3v) is 3.39. The number of nitrogen functional groups attached to an aromatic ring is 2. The Morgan fingerprint density at radius 2 is 0.850 bits per heavy atom. The molecule has 0 aliphatic heterocycles. The molecule has 0 heterocycles. The Morgan fingerprint density at radius 3 is 1.20 bits per heavy atom. The van der Waals surface area contributed by atoms with Crippen molar-refractivity contribution in [3.63, 3.8) is 0 Å². The van der Waals surface area contributed by atoms with Crippen molar-refractivity contribution in [1.82, 2.24) is 0 Å². The van der Waals surface area contributed by atoms with Gasteiger partial charge in [-0.3, -0.25) is 0 Å². The summed E-state index contributed by atoms with van der Waals surface area (Å²) in [6, 6.07) is 24.0. The monoisotopic (exact) mass is 260 g/mol. The van der Waals surface area contributed by atoms with Gasteiger partial charge in [-0.2, -0.15) is 0 Å². The first-order valence-electron chi connectivity index (χ1n) is 6.55. The minimum Gasteiger partial charge on any atom is -0.398 e. The van der Waals surface area contributed by atoms with Crippen LogP contribution in [0.4, 0.5) is 11.4 Å². The maximum absolute atomic E-state index is 6.20. The summed E-state index contributed by atoms with van der Waals surface area (Å²) >= 11 is 0. The first-order valence-corrected chi connectivity index (χ1v) is 6.55. The van der Waals surface area contributed by atoms with Gasteiger partial charge in [-0.25, -0.2) is 0 Å². The molecule has 0 amide bonds. The lowest BCUT2D eigenvalue weighted by Gasteiger charge is -2.12. The fourth-order valence-electron chi connectivity index (χ4n) is 2.37. The maximum atomic E-state index is 6.20.